The molecule has 0 amide bonds. The molecule has 80 valence electrons. The predicted octanol–water partition coefficient (Wildman–Crippen LogP) is 1.67. The molecule has 0 saturated heterocycles. The molecule has 1 rings (SSSR count). The van der Waals surface area contributed by atoms with E-state index in [-0.39, 0.29) is 17.5 Å². The number of rotatable bonds is 2. The zero-order valence-corrected chi connectivity index (χ0v) is 7.34. The highest BCUT2D eigenvalue weighted by Crippen LogP contribution is 2.31. The second kappa shape index (κ2) is 3.72. The number of hydrogen-bond donors (Lipinski definition) is 1. The quantitative estimate of drug-likeness (QED) is 0.354. The lowest BCUT2D eigenvalue weighted by atomic mass is 10.1. The summed E-state index contributed by atoms with van der Waals surface area (Å²) in [5, 5.41) is 0. The minimum Gasteiger partial charge on any atom is -0.398 e. The summed E-state index contributed by atoms with van der Waals surface area (Å²) in [7, 11) is 0. The maximum atomic E-state index is 12.2. The molecule has 0 aromatic heterocycles. The van der Waals surface area contributed by atoms with Gasteiger partial charge in [-0.25, -0.2) is 0 Å². The van der Waals surface area contributed by atoms with Crippen LogP contribution in [-0.4, -0.2) is 12.1 Å². The van der Waals surface area contributed by atoms with Crippen molar-refractivity contribution in [2.75, 3.05) is 5.73 Å². The van der Waals surface area contributed by atoms with E-state index in [2.05, 4.69) is 0 Å². The average molecular weight is 217 g/mol. The van der Waals surface area contributed by atoms with E-state index >= 15 is 0 Å². The lowest BCUT2D eigenvalue weighted by Crippen LogP contribution is -2.09. The number of hydrogen-bond acceptors (Lipinski definition) is 3. The number of nitrogen functional groups attached to an aromatic ring is 1. The van der Waals surface area contributed by atoms with E-state index in [1.165, 1.54) is 0 Å². The van der Waals surface area contributed by atoms with E-state index in [1.54, 1.807) is 0 Å². The molecule has 0 aliphatic heterocycles. The minimum absolute atomic E-state index is 0.00104. The highest BCUT2D eigenvalue weighted by Gasteiger charge is 2.31. The lowest BCUT2D eigenvalue weighted by molar-refractivity contribution is -0.137. The molecule has 0 aliphatic carbocycles. The van der Waals surface area contributed by atoms with Crippen LogP contribution in [0, 0.1) is 0 Å². The minimum atomic E-state index is -4.52. The summed E-state index contributed by atoms with van der Waals surface area (Å²) >= 11 is 0. The van der Waals surface area contributed by atoms with Crippen LogP contribution >= 0.6 is 0 Å². The number of Topliss-reactive ketones (excluding diaryl/α,β-unsaturated/α-hetero) is 1. The van der Waals surface area contributed by atoms with Gasteiger partial charge in [-0.05, 0) is 18.2 Å². The number of halogens is 3. The first-order valence-corrected chi connectivity index (χ1v) is 3.82. The van der Waals surface area contributed by atoms with Crippen molar-refractivity contribution in [1.82, 2.24) is 0 Å². The third-order valence-electron chi connectivity index (χ3n) is 1.75. The number of aldehydes is 1. The standard InChI is InChI=1S/C9H6F3NO2/c10-9(11,12)5-1-2-6(7(13)3-5)8(15)4-14/h1-4H,13H2. The first kappa shape index (κ1) is 11.2. The molecule has 0 spiro atoms. The molecule has 0 aliphatic rings. The van der Waals surface area contributed by atoms with Gasteiger partial charge in [0.05, 0.1) is 5.56 Å². The van der Waals surface area contributed by atoms with Crippen molar-refractivity contribution in [3.63, 3.8) is 0 Å². The Bertz CT molecular complexity index is 412. The van der Waals surface area contributed by atoms with Crippen LogP contribution < -0.4 is 5.73 Å². The Hall–Kier alpha value is -1.85. The van der Waals surface area contributed by atoms with Crippen LogP contribution in [0.5, 0.6) is 0 Å². The van der Waals surface area contributed by atoms with Gasteiger partial charge in [-0.2, -0.15) is 13.2 Å². The molecule has 2 N–H and O–H groups in total. The molecule has 6 heteroatoms. The van der Waals surface area contributed by atoms with Crippen LogP contribution in [-0.2, 0) is 11.0 Å². The number of carbonyl (C=O) groups excluding carboxylic acids is 2. The molecule has 0 bridgehead atoms. The van der Waals surface area contributed by atoms with E-state index < -0.39 is 17.5 Å². The number of alkyl halides is 3. The fraction of sp³-hybridized carbons (Fsp3) is 0.111. The van der Waals surface area contributed by atoms with Crippen molar-refractivity contribution in [3.8, 4) is 0 Å². The van der Waals surface area contributed by atoms with E-state index in [1.807, 2.05) is 0 Å². The maximum absolute atomic E-state index is 12.2. The summed E-state index contributed by atoms with van der Waals surface area (Å²) in [6, 6.07) is 2.21. The smallest absolute Gasteiger partial charge is 0.398 e. The molecule has 0 radical (unpaired) electrons. The van der Waals surface area contributed by atoms with E-state index in [0.29, 0.717) is 12.1 Å². The van der Waals surface area contributed by atoms with E-state index in [0.717, 1.165) is 6.07 Å². The Morgan fingerprint density at radius 3 is 2.33 bits per heavy atom. The molecular weight excluding hydrogens is 211 g/mol. The average Bonchev–Trinajstić information content (AvgIpc) is 2.15. The van der Waals surface area contributed by atoms with Gasteiger partial charge in [0.15, 0.2) is 6.29 Å². The van der Waals surface area contributed by atoms with Gasteiger partial charge in [-0.1, -0.05) is 0 Å². The summed E-state index contributed by atoms with van der Waals surface area (Å²) in [5.74, 6) is -0.943. The molecule has 0 heterocycles. The van der Waals surface area contributed by atoms with Gasteiger partial charge in [0, 0.05) is 11.3 Å². The number of ketones is 1. The Morgan fingerprint density at radius 2 is 1.93 bits per heavy atom. The van der Waals surface area contributed by atoms with Gasteiger partial charge >= 0.3 is 6.18 Å². The van der Waals surface area contributed by atoms with Gasteiger partial charge in [0.1, 0.15) is 0 Å². The topological polar surface area (TPSA) is 60.2 Å². The van der Waals surface area contributed by atoms with Crippen LogP contribution in [0.1, 0.15) is 15.9 Å². The Labute approximate surface area is 82.7 Å². The number of benzene rings is 1. The lowest BCUT2D eigenvalue weighted by Gasteiger charge is -2.08. The fourth-order valence-corrected chi connectivity index (χ4v) is 1.03. The molecule has 3 nitrogen and oxygen atoms in total. The van der Waals surface area contributed by atoms with Crippen LogP contribution in [0.3, 0.4) is 0 Å². The summed E-state index contributed by atoms with van der Waals surface area (Å²) in [5.41, 5.74) is 3.68. The number of carbonyl (C=O) groups is 2. The second-order valence-corrected chi connectivity index (χ2v) is 2.78. The second-order valence-electron chi connectivity index (χ2n) is 2.78. The van der Waals surface area contributed by atoms with Crippen LogP contribution in [0.25, 0.3) is 0 Å². The van der Waals surface area contributed by atoms with Crippen molar-refractivity contribution in [2.45, 2.75) is 6.18 Å². The first-order chi connectivity index (χ1) is 6.86. The molecule has 1 aromatic rings. The molecule has 0 unspecified atom stereocenters. The van der Waals surface area contributed by atoms with Gasteiger partial charge in [-0.15, -0.1) is 0 Å². The van der Waals surface area contributed by atoms with Gasteiger partial charge in [0.25, 0.3) is 0 Å². The van der Waals surface area contributed by atoms with Gasteiger partial charge < -0.3 is 5.73 Å². The van der Waals surface area contributed by atoms with Crippen molar-refractivity contribution in [1.29, 1.82) is 0 Å². The van der Waals surface area contributed by atoms with Crippen molar-refractivity contribution < 1.29 is 22.8 Å². The molecule has 0 atom stereocenters. The SMILES string of the molecule is Nc1cc(C(F)(F)F)ccc1C(=O)C=O. The molecule has 0 saturated carbocycles. The molecule has 15 heavy (non-hydrogen) atoms. The fourth-order valence-electron chi connectivity index (χ4n) is 1.03. The molecule has 1 aromatic carbocycles. The van der Waals surface area contributed by atoms with E-state index in [4.69, 9.17) is 5.73 Å². The van der Waals surface area contributed by atoms with Gasteiger partial charge in [-0.3, -0.25) is 9.59 Å². The summed E-state index contributed by atoms with van der Waals surface area (Å²) in [6.45, 7) is 0. The predicted molar refractivity (Wildman–Crippen MR) is 46.3 cm³/mol. The largest absolute Gasteiger partial charge is 0.416 e. The highest BCUT2D eigenvalue weighted by molar-refractivity contribution is 6.34. The Kier molecular flexibility index (Phi) is 2.78. The van der Waals surface area contributed by atoms with E-state index in [9.17, 15) is 22.8 Å². The van der Waals surface area contributed by atoms with Crippen molar-refractivity contribution >= 4 is 17.8 Å². The zero-order chi connectivity index (χ0) is 11.6. The summed E-state index contributed by atoms with van der Waals surface area (Å²) in [6.07, 6.45) is -4.52. The van der Waals surface area contributed by atoms with Crippen molar-refractivity contribution in [2.24, 2.45) is 0 Å². The third-order valence-corrected chi connectivity index (χ3v) is 1.75. The summed E-state index contributed by atoms with van der Waals surface area (Å²) < 4.78 is 36.5. The number of nitrogens with two attached hydrogens (primary N) is 1. The Balaban J connectivity index is 3.20. The monoisotopic (exact) mass is 217 g/mol. The number of anilines is 1. The highest BCUT2D eigenvalue weighted by atomic mass is 19.4. The van der Waals surface area contributed by atoms with Crippen LogP contribution in [0.4, 0.5) is 18.9 Å². The first-order valence-electron chi connectivity index (χ1n) is 3.82. The third kappa shape index (κ3) is 2.34. The van der Waals surface area contributed by atoms with Crippen molar-refractivity contribution in [3.05, 3.63) is 29.3 Å². The summed E-state index contributed by atoms with van der Waals surface area (Å²) in [4.78, 5) is 21.0. The Morgan fingerprint density at radius 1 is 1.33 bits per heavy atom. The maximum Gasteiger partial charge on any atom is 0.416 e. The van der Waals surface area contributed by atoms with Crippen LogP contribution in [0.15, 0.2) is 18.2 Å². The molecule has 0 fully saturated rings. The zero-order valence-electron chi connectivity index (χ0n) is 7.34. The molecular formula is C9H6F3NO2. The van der Waals surface area contributed by atoms with Gasteiger partial charge in [0.2, 0.25) is 5.78 Å². The normalized spacial score (nSPS) is 11.1. The van der Waals surface area contributed by atoms with Crippen LogP contribution in [0.2, 0.25) is 0 Å².